The number of rotatable bonds is 0. The van der Waals surface area contributed by atoms with Crippen LogP contribution in [0.4, 0.5) is 0 Å². The van der Waals surface area contributed by atoms with Crippen molar-refractivity contribution >= 4 is 6.21 Å². The summed E-state index contributed by atoms with van der Waals surface area (Å²) in [6, 6.07) is 2.22. The Kier molecular flexibility index (Phi) is 1.67. The number of ether oxygens (including phenoxy) is 1. The molecule has 0 aromatic heterocycles. The molecule has 0 aromatic rings. The van der Waals surface area contributed by atoms with Crippen LogP contribution in [0.1, 0.15) is 0 Å². The second kappa shape index (κ2) is 2.82. The minimum Gasteiger partial charge on any atom is -0.496 e. The fraction of sp³-hybridized carbons (Fsp3) is 0.333. The van der Waals surface area contributed by atoms with E-state index in [-0.39, 0.29) is 5.92 Å². The van der Waals surface area contributed by atoms with Crippen LogP contribution >= 0.6 is 0 Å². The SMILES string of the molecule is N#CC1CN=CC2=C1C=COC2. The summed E-state index contributed by atoms with van der Waals surface area (Å²) in [6.45, 7) is 1.13. The van der Waals surface area contributed by atoms with Gasteiger partial charge in [-0.25, -0.2) is 0 Å². The molecule has 0 radical (unpaired) electrons. The number of hydrogen-bond donors (Lipinski definition) is 0. The van der Waals surface area contributed by atoms with E-state index in [0.717, 1.165) is 11.1 Å². The zero-order valence-electron chi connectivity index (χ0n) is 6.53. The number of nitriles is 1. The number of aliphatic imine (C=N–C) groups is 1. The quantitative estimate of drug-likeness (QED) is 0.531. The highest BCUT2D eigenvalue weighted by atomic mass is 16.5. The molecule has 2 heterocycles. The van der Waals surface area contributed by atoms with Crippen LogP contribution in [0.3, 0.4) is 0 Å². The van der Waals surface area contributed by atoms with Gasteiger partial charge in [0, 0.05) is 11.8 Å². The zero-order valence-corrected chi connectivity index (χ0v) is 6.53. The van der Waals surface area contributed by atoms with Gasteiger partial charge in [-0.2, -0.15) is 5.26 Å². The first-order valence-corrected chi connectivity index (χ1v) is 3.82. The smallest absolute Gasteiger partial charge is 0.114 e. The molecular formula is C9H8N2O. The van der Waals surface area contributed by atoms with E-state index in [9.17, 15) is 0 Å². The number of dihydropyridines is 1. The van der Waals surface area contributed by atoms with Gasteiger partial charge in [0.2, 0.25) is 0 Å². The van der Waals surface area contributed by atoms with Gasteiger partial charge in [-0.05, 0) is 11.6 Å². The lowest BCUT2D eigenvalue weighted by atomic mass is 9.93. The van der Waals surface area contributed by atoms with Gasteiger partial charge in [-0.3, -0.25) is 4.99 Å². The van der Waals surface area contributed by atoms with E-state index in [1.807, 2.05) is 6.08 Å². The van der Waals surface area contributed by atoms with Crippen molar-refractivity contribution in [3.05, 3.63) is 23.5 Å². The number of hydrogen-bond acceptors (Lipinski definition) is 3. The van der Waals surface area contributed by atoms with Crippen LogP contribution in [-0.4, -0.2) is 19.4 Å². The summed E-state index contributed by atoms with van der Waals surface area (Å²) in [6.07, 6.45) is 5.30. The average molecular weight is 160 g/mol. The Bertz CT molecular complexity index is 320. The fourth-order valence-corrected chi connectivity index (χ4v) is 1.38. The van der Waals surface area contributed by atoms with Gasteiger partial charge in [0.05, 0.1) is 24.8 Å². The Morgan fingerprint density at radius 2 is 2.58 bits per heavy atom. The van der Waals surface area contributed by atoms with Crippen LogP contribution in [0.2, 0.25) is 0 Å². The average Bonchev–Trinajstić information content (AvgIpc) is 2.17. The predicted molar refractivity (Wildman–Crippen MR) is 44.6 cm³/mol. The van der Waals surface area contributed by atoms with Crippen LogP contribution in [0.15, 0.2) is 28.5 Å². The molecule has 60 valence electrons. The molecular weight excluding hydrogens is 152 g/mol. The first-order chi connectivity index (χ1) is 5.92. The Labute approximate surface area is 70.7 Å². The summed E-state index contributed by atoms with van der Waals surface area (Å²) in [5.41, 5.74) is 2.11. The maximum Gasteiger partial charge on any atom is 0.114 e. The van der Waals surface area contributed by atoms with Crippen molar-refractivity contribution in [2.75, 3.05) is 13.2 Å². The molecule has 2 rings (SSSR count). The Morgan fingerprint density at radius 3 is 3.42 bits per heavy atom. The Balaban J connectivity index is 2.38. The minimum absolute atomic E-state index is 0.0786. The normalized spacial score (nSPS) is 26.1. The first-order valence-electron chi connectivity index (χ1n) is 3.82. The first kappa shape index (κ1) is 7.11. The van der Waals surface area contributed by atoms with E-state index in [0.29, 0.717) is 13.2 Å². The van der Waals surface area contributed by atoms with Gasteiger partial charge in [0.15, 0.2) is 0 Å². The lowest BCUT2D eigenvalue weighted by molar-refractivity contribution is 0.277. The number of allylic oxidation sites excluding steroid dienone is 1. The maximum atomic E-state index is 8.80. The third kappa shape index (κ3) is 1.02. The van der Waals surface area contributed by atoms with Crippen LogP contribution in [0.25, 0.3) is 0 Å². The third-order valence-electron chi connectivity index (χ3n) is 2.02. The molecule has 1 unspecified atom stereocenters. The topological polar surface area (TPSA) is 45.4 Å². The molecule has 1 atom stereocenters. The van der Waals surface area contributed by atoms with Gasteiger partial charge in [0.25, 0.3) is 0 Å². The molecule has 3 heteroatoms. The van der Waals surface area contributed by atoms with Crippen LogP contribution in [0, 0.1) is 17.2 Å². The van der Waals surface area contributed by atoms with Crippen molar-refractivity contribution in [3.8, 4) is 6.07 Å². The molecule has 0 amide bonds. The monoisotopic (exact) mass is 160 g/mol. The molecule has 0 saturated heterocycles. The fourth-order valence-electron chi connectivity index (χ4n) is 1.38. The Hall–Kier alpha value is -1.56. The van der Waals surface area contributed by atoms with Crippen molar-refractivity contribution in [1.82, 2.24) is 0 Å². The van der Waals surface area contributed by atoms with Crippen molar-refractivity contribution in [1.29, 1.82) is 5.26 Å². The second-order valence-electron chi connectivity index (χ2n) is 2.77. The summed E-state index contributed by atoms with van der Waals surface area (Å²) in [5, 5.41) is 8.80. The van der Waals surface area contributed by atoms with Gasteiger partial charge < -0.3 is 4.74 Å². The molecule has 0 N–H and O–H groups in total. The zero-order chi connectivity index (χ0) is 8.39. The molecule has 12 heavy (non-hydrogen) atoms. The van der Waals surface area contributed by atoms with Gasteiger partial charge >= 0.3 is 0 Å². The molecule has 3 nitrogen and oxygen atoms in total. The maximum absolute atomic E-state index is 8.80. The van der Waals surface area contributed by atoms with E-state index < -0.39 is 0 Å². The molecule has 2 aliphatic rings. The summed E-state index contributed by atoms with van der Waals surface area (Å²) in [7, 11) is 0. The van der Waals surface area contributed by atoms with Gasteiger partial charge in [-0.15, -0.1) is 0 Å². The summed E-state index contributed by atoms with van der Waals surface area (Å²) < 4.78 is 5.09. The molecule has 0 fully saturated rings. The highest BCUT2D eigenvalue weighted by molar-refractivity contribution is 5.82. The highest BCUT2D eigenvalue weighted by Gasteiger charge is 2.20. The molecule has 0 bridgehead atoms. The van der Waals surface area contributed by atoms with Crippen molar-refractivity contribution in [2.45, 2.75) is 0 Å². The third-order valence-corrected chi connectivity index (χ3v) is 2.02. The van der Waals surface area contributed by atoms with Crippen molar-refractivity contribution in [3.63, 3.8) is 0 Å². The standard InChI is InChI=1S/C9H8N2O/c10-3-7-4-11-5-8-6-12-2-1-9(7)8/h1-2,5,7H,4,6H2. The predicted octanol–water partition coefficient (Wildman–Crippen LogP) is 1.05. The summed E-state index contributed by atoms with van der Waals surface area (Å²) in [5.74, 6) is -0.0786. The van der Waals surface area contributed by atoms with Gasteiger partial charge in [-0.1, -0.05) is 0 Å². The molecule has 0 saturated carbocycles. The van der Waals surface area contributed by atoms with Crippen LogP contribution in [-0.2, 0) is 4.74 Å². The van der Waals surface area contributed by atoms with Crippen LogP contribution in [0.5, 0.6) is 0 Å². The van der Waals surface area contributed by atoms with E-state index in [2.05, 4.69) is 11.1 Å². The minimum atomic E-state index is -0.0786. The van der Waals surface area contributed by atoms with Gasteiger partial charge in [0.1, 0.15) is 6.61 Å². The summed E-state index contributed by atoms with van der Waals surface area (Å²) >= 11 is 0. The largest absolute Gasteiger partial charge is 0.496 e. The lowest BCUT2D eigenvalue weighted by Crippen LogP contribution is -2.17. The molecule has 0 aliphatic carbocycles. The number of nitrogens with zero attached hydrogens (tertiary/aromatic N) is 2. The summed E-state index contributed by atoms with van der Waals surface area (Å²) in [4.78, 5) is 4.09. The molecule has 2 aliphatic heterocycles. The highest BCUT2D eigenvalue weighted by Crippen LogP contribution is 2.23. The van der Waals surface area contributed by atoms with Crippen molar-refractivity contribution in [2.24, 2.45) is 10.9 Å². The lowest BCUT2D eigenvalue weighted by Gasteiger charge is -2.19. The van der Waals surface area contributed by atoms with E-state index in [4.69, 9.17) is 10.00 Å². The van der Waals surface area contributed by atoms with E-state index in [1.54, 1.807) is 12.5 Å². The second-order valence-corrected chi connectivity index (χ2v) is 2.77. The molecule has 0 aromatic carbocycles. The van der Waals surface area contributed by atoms with Crippen molar-refractivity contribution < 1.29 is 4.74 Å². The van der Waals surface area contributed by atoms with E-state index >= 15 is 0 Å². The van der Waals surface area contributed by atoms with Crippen LogP contribution < -0.4 is 0 Å². The molecule has 0 spiro atoms. The Morgan fingerprint density at radius 1 is 1.67 bits per heavy atom. The van der Waals surface area contributed by atoms with E-state index in [1.165, 1.54) is 0 Å².